The van der Waals surface area contributed by atoms with Gasteiger partial charge in [-0.25, -0.2) is 0 Å². The summed E-state index contributed by atoms with van der Waals surface area (Å²) < 4.78 is 0. The van der Waals surface area contributed by atoms with Crippen LogP contribution in [0.15, 0.2) is 41.5 Å². The van der Waals surface area contributed by atoms with Gasteiger partial charge in [0.2, 0.25) is 0 Å². The Bertz CT molecular complexity index is 1230. The number of benzene rings is 1. The highest BCUT2D eigenvalue weighted by Gasteiger charge is 2.64. The van der Waals surface area contributed by atoms with E-state index >= 15 is 0 Å². The molecule has 0 aromatic heterocycles. The molecular formula is C37H52O3. The molecule has 218 valence electrons. The molecule has 5 aliphatic carbocycles. The molecule has 0 heterocycles. The zero-order chi connectivity index (χ0) is 29.3. The van der Waals surface area contributed by atoms with E-state index in [9.17, 15) is 4.79 Å². The number of hydrogen-bond acceptors (Lipinski definition) is 2. The van der Waals surface area contributed by atoms with Crippen LogP contribution in [0.3, 0.4) is 0 Å². The van der Waals surface area contributed by atoms with Crippen LogP contribution in [0.2, 0.25) is 0 Å². The van der Waals surface area contributed by atoms with Crippen molar-refractivity contribution in [2.75, 3.05) is 0 Å². The first-order chi connectivity index (χ1) is 18.7. The number of carboxylic acid groups (broad SMARTS) is 1. The summed E-state index contributed by atoms with van der Waals surface area (Å²) >= 11 is 0. The monoisotopic (exact) mass is 544 g/mol. The van der Waals surface area contributed by atoms with Crippen molar-refractivity contribution >= 4 is 17.8 Å². The van der Waals surface area contributed by atoms with E-state index in [1.165, 1.54) is 61.6 Å². The van der Waals surface area contributed by atoms with E-state index in [2.05, 4.69) is 85.7 Å². The van der Waals surface area contributed by atoms with Crippen LogP contribution in [-0.4, -0.2) is 17.4 Å². The fraction of sp³-hybridized carbons (Fsp3) is 0.676. The van der Waals surface area contributed by atoms with E-state index in [0.717, 1.165) is 24.2 Å². The number of rotatable bonds is 2. The molecule has 3 nitrogen and oxygen atoms in total. The largest absolute Gasteiger partial charge is 0.483 e. The molecule has 0 saturated heterocycles. The molecule has 1 aromatic carbocycles. The molecule has 3 fully saturated rings. The molecule has 40 heavy (non-hydrogen) atoms. The third kappa shape index (κ3) is 4.19. The Labute approximate surface area is 242 Å². The van der Waals surface area contributed by atoms with Gasteiger partial charge in [0.15, 0.2) is 5.78 Å². The average molecular weight is 545 g/mol. The Morgan fingerprint density at radius 1 is 0.900 bits per heavy atom. The van der Waals surface area contributed by atoms with Gasteiger partial charge >= 0.3 is 0 Å². The molecule has 5 aliphatic rings. The maximum absolute atomic E-state index is 13.2. The van der Waals surface area contributed by atoms with Crippen LogP contribution in [0, 0.1) is 58.2 Å². The summed E-state index contributed by atoms with van der Waals surface area (Å²) in [5.74, 6) is 3.73. The third-order valence-corrected chi connectivity index (χ3v) is 12.9. The highest BCUT2D eigenvalue weighted by atomic mass is 16.3. The number of fused-ring (bicyclic) bond motifs is 7. The van der Waals surface area contributed by atoms with E-state index in [0.29, 0.717) is 28.4 Å². The van der Waals surface area contributed by atoms with Gasteiger partial charge in [-0.1, -0.05) is 89.9 Å². The molecule has 0 aliphatic heterocycles. The average Bonchev–Trinajstić information content (AvgIpc) is 3.15. The minimum Gasteiger partial charge on any atom is -0.483 e. The maximum atomic E-state index is 13.2. The Morgan fingerprint density at radius 3 is 2.17 bits per heavy atom. The quantitative estimate of drug-likeness (QED) is 0.377. The normalized spacial score (nSPS) is 39.7. The van der Waals surface area contributed by atoms with Crippen molar-refractivity contribution in [3.8, 4) is 0 Å². The fourth-order valence-electron chi connectivity index (χ4n) is 11.4. The van der Waals surface area contributed by atoms with Crippen LogP contribution in [0.5, 0.6) is 0 Å². The van der Waals surface area contributed by atoms with Crippen LogP contribution in [-0.2, 0) is 9.59 Å². The van der Waals surface area contributed by atoms with Crippen molar-refractivity contribution in [3.63, 3.8) is 0 Å². The molecule has 0 radical (unpaired) electrons. The molecule has 7 unspecified atom stereocenters. The summed E-state index contributed by atoms with van der Waals surface area (Å²) in [4.78, 5) is 21.6. The van der Waals surface area contributed by atoms with Crippen molar-refractivity contribution in [1.82, 2.24) is 0 Å². The zero-order valence-electron chi connectivity index (χ0n) is 26.3. The molecule has 7 atom stereocenters. The number of carbonyl (C=O) groups is 2. The van der Waals surface area contributed by atoms with Gasteiger partial charge in [0, 0.05) is 6.42 Å². The van der Waals surface area contributed by atoms with Crippen LogP contribution >= 0.6 is 0 Å². The predicted molar refractivity (Wildman–Crippen MR) is 164 cm³/mol. The molecule has 3 heteroatoms. The summed E-state index contributed by atoms with van der Waals surface area (Å²) in [6.07, 6.45) is 12.5. The van der Waals surface area contributed by atoms with Crippen LogP contribution in [0.1, 0.15) is 111 Å². The van der Waals surface area contributed by atoms with Crippen LogP contribution < -0.4 is 0 Å². The summed E-state index contributed by atoms with van der Waals surface area (Å²) in [5.41, 5.74) is 8.30. The van der Waals surface area contributed by atoms with Crippen molar-refractivity contribution < 1.29 is 14.7 Å². The lowest BCUT2D eigenvalue weighted by Gasteiger charge is -2.68. The topological polar surface area (TPSA) is 54.4 Å². The first-order valence-corrected chi connectivity index (χ1v) is 15.9. The molecule has 1 aromatic rings. The fourth-order valence-corrected chi connectivity index (χ4v) is 11.4. The van der Waals surface area contributed by atoms with Crippen molar-refractivity contribution in [2.45, 2.75) is 107 Å². The van der Waals surface area contributed by atoms with Crippen LogP contribution in [0.4, 0.5) is 0 Å². The molecule has 0 bridgehead atoms. The number of ketones is 1. The summed E-state index contributed by atoms with van der Waals surface area (Å²) in [6, 6.07) is 9.27. The van der Waals surface area contributed by atoms with E-state index in [1.54, 1.807) is 11.1 Å². The van der Waals surface area contributed by atoms with Gasteiger partial charge < -0.3 is 5.11 Å². The summed E-state index contributed by atoms with van der Waals surface area (Å²) in [5, 5.41) is 6.89. The second-order valence-electron chi connectivity index (χ2n) is 15.6. The highest BCUT2D eigenvalue weighted by molar-refractivity contribution is 6.00. The molecule has 6 rings (SSSR count). The zero-order valence-corrected chi connectivity index (χ0v) is 26.3. The van der Waals surface area contributed by atoms with Crippen molar-refractivity contribution in [3.05, 3.63) is 52.6 Å². The smallest absolute Gasteiger partial charge is 0.290 e. The van der Waals surface area contributed by atoms with Gasteiger partial charge in [0.1, 0.15) is 0 Å². The lowest BCUT2D eigenvalue weighted by molar-refractivity contribution is -0.155. The van der Waals surface area contributed by atoms with E-state index in [-0.39, 0.29) is 17.3 Å². The number of allylic oxidation sites excluding steroid dienone is 4. The maximum Gasteiger partial charge on any atom is 0.290 e. The SMILES string of the molecule is Cc1ccc(C2=CCC3(C)C(CCC4(C)C5CCC6(C)CC(=O)C(C(C)C)=C6C5CCC43)C2(C)C)cc1.O=CO. The van der Waals surface area contributed by atoms with Crippen LogP contribution in [0.25, 0.3) is 5.57 Å². The van der Waals surface area contributed by atoms with Crippen molar-refractivity contribution in [1.29, 1.82) is 0 Å². The number of carbonyl (C=O) groups excluding carboxylic acids is 1. The van der Waals surface area contributed by atoms with Gasteiger partial charge in [-0.3, -0.25) is 9.59 Å². The Balaban J connectivity index is 0.00000103. The second-order valence-corrected chi connectivity index (χ2v) is 15.6. The molecule has 0 amide bonds. The molecule has 0 spiro atoms. The molecular weight excluding hydrogens is 492 g/mol. The summed E-state index contributed by atoms with van der Waals surface area (Å²) in [6.45, 7) is 19.4. The van der Waals surface area contributed by atoms with E-state index in [1.807, 2.05) is 0 Å². The standard InChI is InChI=1S/C36H50O.CH2O2/c1-22(2)31-28(37)21-34(6)18-15-27-25(32(31)34)13-14-30-35(27,7)20-17-29-33(4,5)26(16-19-36(29,30)8)24-11-9-23(3)10-12-24;2-1-3/h9-12,16,22,25,27,29-30H,13-15,17-21H2,1-8H3;1H,(H,2,3). The first kappa shape index (κ1) is 29.3. The summed E-state index contributed by atoms with van der Waals surface area (Å²) in [7, 11) is 0. The van der Waals surface area contributed by atoms with Gasteiger partial charge in [-0.2, -0.15) is 0 Å². The second kappa shape index (κ2) is 9.99. The van der Waals surface area contributed by atoms with Gasteiger partial charge in [-0.05, 0) is 120 Å². The Hall–Kier alpha value is -2.16. The third-order valence-electron chi connectivity index (χ3n) is 12.9. The minimum absolute atomic E-state index is 0.140. The lowest BCUT2D eigenvalue weighted by Crippen LogP contribution is -2.60. The van der Waals surface area contributed by atoms with E-state index in [4.69, 9.17) is 9.90 Å². The van der Waals surface area contributed by atoms with Gasteiger partial charge in [0.05, 0.1) is 0 Å². The number of aryl methyl sites for hydroxylation is 1. The molecule has 3 saturated carbocycles. The van der Waals surface area contributed by atoms with Gasteiger partial charge in [0.25, 0.3) is 6.47 Å². The lowest BCUT2D eigenvalue weighted by atomic mass is 9.37. The minimum atomic E-state index is -0.250. The molecule has 1 N–H and O–H groups in total. The van der Waals surface area contributed by atoms with Gasteiger partial charge in [-0.15, -0.1) is 0 Å². The number of Topliss-reactive ketones (excluding diaryl/α,β-unsaturated/α-hetero) is 1. The Morgan fingerprint density at radius 2 is 1.55 bits per heavy atom. The van der Waals surface area contributed by atoms with Crippen molar-refractivity contribution in [2.24, 2.45) is 51.2 Å². The predicted octanol–water partition coefficient (Wildman–Crippen LogP) is 9.30. The highest BCUT2D eigenvalue weighted by Crippen LogP contribution is 2.73. The van der Waals surface area contributed by atoms with E-state index < -0.39 is 0 Å². The first-order valence-electron chi connectivity index (χ1n) is 15.9. The Kier molecular flexibility index (Phi) is 7.32. The number of hydrogen-bond donors (Lipinski definition) is 1.